The van der Waals surface area contributed by atoms with Gasteiger partial charge in [-0.15, -0.1) is 0 Å². The first-order valence-electron chi connectivity index (χ1n) is 6.89. The van der Waals surface area contributed by atoms with Crippen LogP contribution in [0.2, 0.25) is 0 Å². The van der Waals surface area contributed by atoms with E-state index < -0.39 is 0 Å². The van der Waals surface area contributed by atoms with Crippen molar-refractivity contribution in [1.82, 2.24) is 5.32 Å². The van der Waals surface area contributed by atoms with E-state index in [1.165, 1.54) is 16.7 Å². The van der Waals surface area contributed by atoms with Crippen LogP contribution in [0.1, 0.15) is 43.0 Å². The molecule has 0 aliphatic heterocycles. The molecule has 1 unspecified atom stereocenters. The van der Waals surface area contributed by atoms with E-state index in [0.717, 1.165) is 12.2 Å². The highest BCUT2D eigenvalue weighted by Crippen LogP contribution is 2.38. The fourth-order valence-corrected chi connectivity index (χ4v) is 2.83. The van der Waals surface area contributed by atoms with Gasteiger partial charge in [0.2, 0.25) is 0 Å². The number of ether oxygens (including phenoxy) is 1. The number of hydrogen-bond donors (Lipinski definition) is 2. The maximum Gasteiger partial charge on any atom is 0.122 e. The summed E-state index contributed by atoms with van der Waals surface area (Å²) in [5, 5.41) is 3.45. The first-order chi connectivity index (χ1) is 8.87. The number of rotatable bonds is 6. The van der Waals surface area contributed by atoms with Crippen LogP contribution in [0.5, 0.6) is 5.75 Å². The van der Waals surface area contributed by atoms with E-state index >= 15 is 0 Å². The zero-order valence-corrected chi connectivity index (χ0v) is 13.1. The molecule has 0 radical (unpaired) electrons. The fraction of sp³-hybridized carbons (Fsp3) is 0.625. The monoisotopic (exact) mass is 264 g/mol. The van der Waals surface area contributed by atoms with Crippen LogP contribution < -0.4 is 15.8 Å². The zero-order chi connectivity index (χ0) is 14.6. The molecule has 0 spiro atoms. The average Bonchev–Trinajstić information content (AvgIpc) is 2.33. The highest BCUT2D eigenvalue weighted by molar-refractivity contribution is 5.43. The molecule has 108 valence electrons. The smallest absolute Gasteiger partial charge is 0.122 e. The molecule has 0 fully saturated rings. The minimum absolute atomic E-state index is 0.120. The predicted octanol–water partition coefficient (Wildman–Crippen LogP) is 2.95. The van der Waals surface area contributed by atoms with Crippen molar-refractivity contribution < 1.29 is 4.74 Å². The van der Waals surface area contributed by atoms with Gasteiger partial charge < -0.3 is 15.8 Å². The van der Waals surface area contributed by atoms with Gasteiger partial charge in [0.1, 0.15) is 5.75 Å². The van der Waals surface area contributed by atoms with E-state index in [-0.39, 0.29) is 5.41 Å². The van der Waals surface area contributed by atoms with Crippen molar-refractivity contribution in [2.75, 3.05) is 20.7 Å². The van der Waals surface area contributed by atoms with Gasteiger partial charge in [-0.3, -0.25) is 0 Å². The summed E-state index contributed by atoms with van der Waals surface area (Å²) in [5.74, 6) is 0.952. The highest BCUT2D eigenvalue weighted by Gasteiger charge is 2.30. The summed E-state index contributed by atoms with van der Waals surface area (Å²) < 4.78 is 5.39. The van der Waals surface area contributed by atoms with Gasteiger partial charge in [0.05, 0.1) is 7.11 Å². The Kier molecular flexibility index (Phi) is 5.39. The number of hydrogen-bond acceptors (Lipinski definition) is 3. The molecule has 0 bridgehead atoms. The Morgan fingerprint density at radius 1 is 1.26 bits per heavy atom. The third-order valence-corrected chi connectivity index (χ3v) is 3.95. The summed E-state index contributed by atoms with van der Waals surface area (Å²) in [5.41, 5.74) is 9.63. The van der Waals surface area contributed by atoms with Gasteiger partial charge in [-0.25, -0.2) is 0 Å². The lowest BCUT2D eigenvalue weighted by Crippen LogP contribution is -2.34. The average molecular weight is 264 g/mol. The van der Waals surface area contributed by atoms with Crippen LogP contribution >= 0.6 is 0 Å². The zero-order valence-electron chi connectivity index (χ0n) is 13.1. The van der Waals surface area contributed by atoms with Gasteiger partial charge in [0.25, 0.3) is 0 Å². The van der Waals surface area contributed by atoms with Crippen LogP contribution in [0, 0.1) is 19.3 Å². The lowest BCUT2D eigenvalue weighted by Gasteiger charge is -2.35. The minimum atomic E-state index is 0.120. The second kappa shape index (κ2) is 6.40. The number of nitrogens with one attached hydrogen (secondary N) is 1. The standard InChI is InChI=1S/C16H28N2O/c1-11-10-14(19-6)12(2)9-13(11)15(18-5)16(3,4)7-8-17/h9-10,15,18H,7-8,17H2,1-6H3. The molecule has 0 amide bonds. The van der Waals surface area contributed by atoms with Gasteiger partial charge in [-0.2, -0.15) is 0 Å². The molecular formula is C16H28N2O. The maximum absolute atomic E-state index is 5.75. The predicted molar refractivity (Wildman–Crippen MR) is 81.7 cm³/mol. The first-order valence-corrected chi connectivity index (χ1v) is 6.89. The summed E-state index contributed by atoms with van der Waals surface area (Å²) in [6.07, 6.45) is 0.989. The Balaban J connectivity index is 3.22. The molecule has 0 aromatic heterocycles. The van der Waals surface area contributed by atoms with Gasteiger partial charge in [0, 0.05) is 6.04 Å². The number of aryl methyl sites for hydroxylation is 2. The Labute approximate surface area is 117 Å². The van der Waals surface area contributed by atoms with E-state index in [1.807, 2.05) is 7.05 Å². The molecule has 0 heterocycles. The lowest BCUT2D eigenvalue weighted by molar-refractivity contribution is 0.238. The molecule has 0 aliphatic carbocycles. The third-order valence-electron chi connectivity index (χ3n) is 3.95. The van der Waals surface area contributed by atoms with E-state index in [1.54, 1.807) is 7.11 Å². The van der Waals surface area contributed by atoms with Crippen molar-refractivity contribution >= 4 is 0 Å². The minimum Gasteiger partial charge on any atom is -0.496 e. The van der Waals surface area contributed by atoms with Crippen LogP contribution in [-0.4, -0.2) is 20.7 Å². The second-order valence-corrected chi connectivity index (χ2v) is 5.93. The summed E-state index contributed by atoms with van der Waals surface area (Å²) in [4.78, 5) is 0. The van der Waals surface area contributed by atoms with Crippen LogP contribution in [0.3, 0.4) is 0 Å². The Hall–Kier alpha value is -1.06. The van der Waals surface area contributed by atoms with Gasteiger partial charge in [-0.05, 0) is 62.0 Å². The summed E-state index contributed by atoms with van der Waals surface area (Å²) in [6.45, 7) is 9.46. The normalized spacial score (nSPS) is 13.4. The van der Waals surface area contributed by atoms with Crippen molar-refractivity contribution in [2.24, 2.45) is 11.1 Å². The Bertz CT molecular complexity index is 427. The molecular weight excluding hydrogens is 236 g/mol. The molecule has 0 saturated heterocycles. The topological polar surface area (TPSA) is 47.3 Å². The Morgan fingerprint density at radius 3 is 2.37 bits per heavy atom. The SMILES string of the molecule is CNC(c1cc(C)c(OC)cc1C)C(C)(C)CCN. The van der Waals surface area contributed by atoms with Crippen molar-refractivity contribution in [3.05, 3.63) is 28.8 Å². The molecule has 3 nitrogen and oxygen atoms in total. The number of methoxy groups -OCH3 is 1. The molecule has 1 aromatic rings. The van der Waals surface area contributed by atoms with E-state index in [9.17, 15) is 0 Å². The molecule has 1 rings (SSSR count). The van der Waals surface area contributed by atoms with Crippen molar-refractivity contribution in [2.45, 2.75) is 40.2 Å². The van der Waals surface area contributed by atoms with Crippen LogP contribution in [0.4, 0.5) is 0 Å². The van der Waals surface area contributed by atoms with Gasteiger partial charge >= 0.3 is 0 Å². The van der Waals surface area contributed by atoms with Crippen molar-refractivity contribution in [3.8, 4) is 5.75 Å². The molecule has 0 aliphatic rings. The van der Waals surface area contributed by atoms with Crippen LogP contribution in [-0.2, 0) is 0 Å². The van der Waals surface area contributed by atoms with Crippen molar-refractivity contribution in [3.63, 3.8) is 0 Å². The van der Waals surface area contributed by atoms with Gasteiger partial charge in [-0.1, -0.05) is 19.9 Å². The van der Waals surface area contributed by atoms with E-state index in [4.69, 9.17) is 10.5 Å². The quantitative estimate of drug-likeness (QED) is 0.830. The molecule has 1 atom stereocenters. The number of benzene rings is 1. The third kappa shape index (κ3) is 3.48. The van der Waals surface area contributed by atoms with E-state index in [2.05, 4.69) is 45.1 Å². The Morgan fingerprint density at radius 2 is 1.89 bits per heavy atom. The van der Waals surface area contributed by atoms with Crippen molar-refractivity contribution in [1.29, 1.82) is 0 Å². The lowest BCUT2D eigenvalue weighted by atomic mass is 9.76. The summed E-state index contributed by atoms with van der Waals surface area (Å²) in [7, 11) is 3.73. The summed E-state index contributed by atoms with van der Waals surface area (Å²) >= 11 is 0. The summed E-state index contributed by atoms with van der Waals surface area (Å²) in [6, 6.07) is 4.64. The van der Waals surface area contributed by atoms with Gasteiger partial charge in [0.15, 0.2) is 0 Å². The fourth-order valence-electron chi connectivity index (χ4n) is 2.83. The van der Waals surface area contributed by atoms with E-state index in [0.29, 0.717) is 12.6 Å². The largest absolute Gasteiger partial charge is 0.496 e. The van der Waals surface area contributed by atoms with Crippen LogP contribution in [0.25, 0.3) is 0 Å². The second-order valence-electron chi connectivity index (χ2n) is 5.93. The molecule has 1 aromatic carbocycles. The molecule has 0 saturated carbocycles. The highest BCUT2D eigenvalue weighted by atomic mass is 16.5. The molecule has 19 heavy (non-hydrogen) atoms. The number of nitrogens with two attached hydrogens (primary N) is 1. The van der Waals surface area contributed by atoms with Crippen LogP contribution in [0.15, 0.2) is 12.1 Å². The molecule has 3 N–H and O–H groups in total. The first kappa shape index (κ1) is 16.0. The maximum atomic E-state index is 5.75. The molecule has 3 heteroatoms.